The van der Waals surface area contributed by atoms with Crippen molar-refractivity contribution >= 4 is 10.1 Å². The van der Waals surface area contributed by atoms with Gasteiger partial charge in [-0.3, -0.25) is 4.55 Å². The first kappa shape index (κ1) is 9.91. The van der Waals surface area contributed by atoms with Gasteiger partial charge in [-0.2, -0.15) is 8.42 Å². The van der Waals surface area contributed by atoms with Crippen molar-refractivity contribution in [3.05, 3.63) is 0 Å². The van der Waals surface area contributed by atoms with E-state index in [0.29, 0.717) is 0 Å². The zero-order chi connectivity index (χ0) is 6.20. The van der Waals surface area contributed by atoms with Gasteiger partial charge in [0.1, 0.15) is 0 Å². The first-order chi connectivity index (χ1) is 3.58. The van der Waals surface area contributed by atoms with E-state index in [1.54, 1.807) is 0 Å². The van der Waals surface area contributed by atoms with Crippen LogP contribution < -0.4 is 29.6 Å². The van der Waals surface area contributed by atoms with Crippen LogP contribution in [0.25, 0.3) is 0 Å². The summed E-state index contributed by atoms with van der Waals surface area (Å²) in [6.07, 6.45) is 1.92. The summed E-state index contributed by atoms with van der Waals surface area (Å²) in [5.74, 6) is 0.220. The van der Waals surface area contributed by atoms with E-state index in [1.807, 2.05) is 0 Å². The summed E-state index contributed by atoms with van der Waals surface area (Å²) in [7, 11) is -3.66. The largest absolute Gasteiger partial charge is 1.00 e. The Morgan fingerprint density at radius 3 is 2.11 bits per heavy atom. The van der Waals surface area contributed by atoms with Crippen LogP contribution in [0.5, 0.6) is 0 Å². The van der Waals surface area contributed by atoms with E-state index >= 15 is 0 Å². The third kappa shape index (κ3) is 5.36. The van der Waals surface area contributed by atoms with E-state index in [2.05, 4.69) is 0 Å². The van der Waals surface area contributed by atoms with Gasteiger partial charge >= 0.3 is 29.6 Å². The van der Waals surface area contributed by atoms with Gasteiger partial charge < -0.3 is 1.43 Å². The third-order valence-electron chi connectivity index (χ3n) is 1.14. The predicted molar refractivity (Wildman–Crippen MR) is 30.3 cm³/mol. The Morgan fingerprint density at radius 1 is 1.56 bits per heavy atom. The monoisotopic (exact) mass is 160 g/mol. The summed E-state index contributed by atoms with van der Waals surface area (Å²) in [4.78, 5) is 0. The van der Waals surface area contributed by atoms with Crippen molar-refractivity contribution in [3.8, 4) is 0 Å². The van der Waals surface area contributed by atoms with Gasteiger partial charge in [0.05, 0.1) is 5.75 Å². The van der Waals surface area contributed by atoms with E-state index in [4.69, 9.17) is 4.55 Å². The Morgan fingerprint density at radius 2 is 2.00 bits per heavy atom. The minimum absolute atomic E-state index is 0. The van der Waals surface area contributed by atoms with Crippen LogP contribution in [0.1, 0.15) is 14.3 Å². The molecule has 5 heteroatoms. The van der Waals surface area contributed by atoms with Gasteiger partial charge in [-0.15, -0.1) is 0 Å². The van der Waals surface area contributed by atoms with Gasteiger partial charge in [0.2, 0.25) is 0 Å². The molecule has 0 heterocycles. The summed E-state index contributed by atoms with van der Waals surface area (Å²) < 4.78 is 28.3. The fourth-order valence-corrected chi connectivity index (χ4v) is 1.51. The summed E-state index contributed by atoms with van der Waals surface area (Å²) in [6.45, 7) is 0. The average molecular weight is 160 g/mol. The molecule has 1 fully saturated rings. The molecule has 1 aliphatic carbocycles. The van der Waals surface area contributed by atoms with Crippen molar-refractivity contribution in [2.75, 3.05) is 5.75 Å². The van der Waals surface area contributed by atoms with Crippen molar-refractivity contribution < 1.29 is 44.0 Å². The molecular weight excluding hydrogens is 151 g/mol. The molecule has 1 N–H and O–H groups in total. The maximum Gasteiger partial charge on any atom is 1.00 e. The SMILES string of the molecule is O=S(=O)(O)CC1CC1.[H-].[Na+]. The van der Waals surface area contributed by atoms with Gasteiger partial charge in [0, 0.05) is 0 Å². The van der Waals surface area contributed by atoms with E-state index in [1.165, 1.54) is 0 Å². The van der Waals surface area contributed by atoms with Gasteiger partial charge in [-0.05, 0) is 18.8 Å². The Hall–Kier alpha value is 0.910. The zero-order valence-electron chi connectivity index (χ0n) is 6.37. The molecule has 0 aliphatic heterocycles. The van der Waals surface area contributed by atoms with Crippen LogP contribution in [-0.4, -0.2) is 18.7 Å². The van der Waals surface area contributed by atoms with Crippen LogP contribution in [-0.2, 0) is 10.1 Å². The van der Waals surface area contributed by atoms with Crippen molar-refractivity contribution in [1.29, 1.82) is 0 Å². The molecule has 0 atom stereocenters. The molecule has 0 amide bonds. The minimum atomic E-state index is -3.66. The molecule has 1 aliphatic rings. The van der Waals surface area contributed by atoms with Crippen molar-refractivity contribution in [1.82, 2.24) is 0 Å². The molecule has 0 aromatic heterocycles. The first-order valence-corrected chi connectivity index (χ1v) is 4.14. The fraction of sp³-hybridized carbons (Fsp3) is 1.00. The van der Waals surface area contributed by atoms with Crippen LogP contribution in [0.3, 0.4) is 0 Å². The molecule has 1 saturated carbocycles. The van der Waals surface area contributed by atoms with Gasteiger partial charge in [-0.25, -0.2) is 0 Å². The maximum atomic E-state index is 10.0. The van der Waals surface area contributed by atoms with Crippen molar-refractivity contribution in [3.63, 3.8) is 0 Å². The second-order valence-electron chi connectivity index (χ2n) is 2.19. The molecule has 0 aromatic rings. The van der Waals surface area contributed by atoms with Crippen LogP contribution in [0.15, 0.2) is 0 Å². The topological polar surface area (TPSA) is 54.4 Å². The predicted octanol–water partition coefficient (Wildman–Crippen LogP) is -2.60. The smallest absolute Gasteiger partial charge is 1.00 e. The summed E-state index contributed by atoms with van der Waals surface area (Å²) in [6, 6.07) is 0. The van der Waals surface area contributed by atoms with E-state index in [0.717, 1.165) is 12.8 Å². The molecule has 9 heavy (non-hydrogen) atoms. The molecule has 0 unspecified atom stereocenters. The number of rotatable bonds is 2. The summed E-state index contributed by atoms with van der Waals surface area (Å²) in [5, 5.41) is 0. The van der Waals surface area contributed by atoms with E-state index < -0.39 is 10.1 Å². The third-order valence-corrected chi connectivity index (χ3v) is 2.04. The second kappa shape index (κ2) is 3.34. The fourth-order valence-electron chi connectivity index (χ4n) is 0.582. The van der Waals surface area contributed by atoms with Crippen molar-refractivity contribution in [2.24, 2.45) is 5.92 Å². The quantitative estimate of drug-likeness (QED) is 0.356. The summed E-state index contributed by atoms with van der Waals surface area (Å²) in [5.41, 5.74) is 0. The second-order valence-corrected chi connectivity index (χ2v) is 3.69. The molecule has 3 nitrogen and oxygen atoms in total. The molecular formula is C4H9NaO3S. The molecule has 0 bridgehead atoms. The Kier molecular flexibility index (Phi) is 3.68. The summed E-state index contributed by atoms with van der Waals surface area (Å²) >= 11 is 0. The van der Waals surface area contributed by atoms with E-state index in [9.17, 15) is 8.42 Å². The van der Waals surface area contributed by atoms with Gasteiger partial charge in [-0.1, -0.05) is 0 Å². The van der Waals surface area contributed by atoms with Crippen molar-refractivity contribution in [2.45, 2.75) is 12.8 Å². The first-order valence-electron chi connectivity index (χ1n) is 2.53. The maximum absolute atomic E-state index is 10.0. The van der Waals surface area contributed by atoms with Gasteiger partial charge in [0.25, 0.3) is 10.1 Å². The molecule has 0 saturated heterocycles. The average Bonchev–Trinajstić information content (AvgIpc) is 2.12. The number of hydrogen-bond acceptors (Lipinski definition) is 2. The van der Waals surface area contributed by atoms with Gasteiger partial charge in [0.15, 0.2) is 0 Å². The Bertz CT molecular complexity index is 175. The molecule has 1 rings (SSSR count). The van der Waals surface area contributed by atoms with Crippen LogP contribution in [0, 0.1) is 5.92 Å². The van der Waals surface area contributed by atoms with Crippen LogP contribution >= 0.6 is 0 Å². The van der Waals surface area contributed by atoms with Crippen LogP contribution in [0.2, 0.25) is 0 Å². The van der Waals surface area contributed by atoms with Crippen LogP contribution in [0.4, 0.5) is 0 Å². The number of hydrogen-bond donors (Lipinski definition) is 1. The molecule has 50 valence electrons. The zero-order valence-corrected chi connectivity index (χ0v) is 8.19. The molecule has 0 spiro atoms. The standard InChI is InChI=1S/C4H8O3S.Na.H/c5-8(6,7)3-4-1-2-4;;/h4H,1-3H2,(H,5,6,7);;/q;+1;-1. The molecule has 0 radical (unpaired) electrons. The Labute approximate surface area is 78.4 Å². The minimum Gasteiger partial charge on any atom is -1.00 e. The Balaban J connectivity index is 0. The normalized spacial score (nSPS) is 18.8. The van der Waals surface area contributed by atoms with E-state index in [-0.39, 0.29) is 42.7 Å². The molecule has 0 aromatic carbocycles.